The Bertz CT molecular complexity index is 869. The van der Waals surface area contributed by atoms with E-state index in [9.17, 15) is 4.79 Å². The summed E-state index contributed by atoms with van der Waals surface area (Å²) in [6.07, 6.45) is 1.39. The minimum absolute atomic E-state index is 0.149. The van der Waals surface area contributed by atoms with E-state index in [0.717, 1.165) is 0 Å². The first-order chi connectivity index (χ1) is 12.5. The standard InChI is InChI=1S/C19H16Cl2N2O3/c1-2-25-18-9-12(8-13(10-22)19(23)24)6-7-17(18)26-11-14-15(20)4-3-5-16(14)21/h3-9H,2,11H2,1H3,(H2,23,24)/b13-8-. The van der Waals surface area contributed by atoms with Gasteiger partial charge in [0.15, 0.2) is 11.5 Å². The molecule has 26 heavy (non-hydrogen) atoms. The maximum atomic E-state index is 11.2. The summed E-state index contributed by atoms with van der Waals surface area (Å²) < 4.78 is 11.4. The minimum Gasteiger partial charge on any atom is -0.490 e. The maximum absolute atomic E-state index is 11.2. The fraction of sp³-hybridized carbons (Fsp3) is 0.158. The third-order valence-electron chi connectivity index (χ3n) is 3.40. The molecule has 0 aromatic heterocycles. The van der Waals surface area contributed by atoms with Crippen molar-refractivity contribution in [3.63, 3.8) is 0 Å². The number of ether oxygens (including phenoxy) is 2. The number of carbonyl (C=O) groups excluding carboxylic acids is 1. The second-order valence-corrected chi connectivity index (χ2v) is 5.98. The first-order valence-corrected chi connectivity index (χ1v) is 8.46. The molecule has 0 spiro atoms. The number of nitrogens with two attached hydrogens (primary N) is 1. The lowest BCUT2D eigenvalue weighted by atomic mass is 10.1. The highest BCUT2D eigenvalue weighted by molar-refractivity contribution is 6.35. The van der Waals surface area contributed by atoms with Gasteiger partial charge in [-0.15, -0.1) is 0 Å². The van der Waals surface area contributed by atoms with Crippen LogP contribution >= 0.6 is 23.2 Å². The van der Waals surface area contributed by atoms with Gasteiger partial charge >= 0.3 is 0 Å². The summed E-state index contributed by atoms with van der Waals surface area (Å²) in [4.78, 5) is 11.2. The number of benzene rings is 2. The molecule has 0 radical (unpaired) electrons. The minimum atomic E-state index is -0.792. The van der Waals surface area contributed by atoms with Crippen LogP contribution in [0.25, 0.3) is 6.08 Å². The summed E-state index contributed by atoms with van der Waals surface area (Å²) >= 11 is 12.3. The Hall–Kier alpha value is -2.68. The average molecular weight is 391 g/mol. The van der Waals surface area contributed by atoms with Crippen LogP contribution in [0.1, 0.15) is 18.1 Å². The van der Waals surface area contributed by atoms with Crippen LogP contribution in [-0.2, 0) is 11.4 Å². The molecule has 7 heteroatoms. The van der Waals surface area contributed by atoms with E-state index in [1.807, 2.05) is 6.92 Å². The maximum Gasteiger partial charge on any atom is 0.259 e. The van der Waals surface area contributed by atoms with E-state index in [2.05, 4.69) is 0 Å². The predicted molar refractivity (Wildman–Crippen MR) is 101 cm³/mol. The van der Waals surface area contributed by atoms with Gasteiger partial charge in [-0.1, -0.05) is 35.3 Å². The Morgan fingerprint density at radius 1 is 1.19 bits per heavy atom. The van der Waals surface area contributed by atoms with Crippen molar-refractivity contribution in [3.8, 4) is 17.6 Å². The van der Waals surface area contributed by atoms with Crippen LogP contribution < -0.4 is 15.2 Å². The third kappa shape index (κ3) is 4.92. The van der Waals surface area contributed by atoms with Crippen LogP contribution in [0.4, 0.5) is 0 Å². The van der Waals surface area contributed by atoms with Crippen molar-refractivity contribution in [2.24, 2.45) is 5.73 Å². The molecule has 0 atom stereocenters. The Labute approximate surface area is 161 Å². The summed E-state index contributed by atoms with van der Waals surface area (Å²) in [6, 6.07) is 12.0. The molecule has 1 amide bonds. The Morgan fingerprint density at radius 3 is 2.46 bits per heavy atom. The number of nitrogens with zero attached hydrogens (tertiary/aromatic N) is 1. The van der Waals surface area contributed by atoms with Crippen LogP contribution in [0.3, 0.4) is 0 Å². The molecule has 0 bridgehead atoms. The van der Waals surface area contributed by atoms with Crippen LogP contribution in [0.2, 0.25) is 10.0 Å². The lowest BCUT2D eigenvalue weighted by Gasteiger charge is -2.14. The van der Waals surface area contributed by atoms with Gasteiger partial charge in [0.25, 0.3) is 5.91 Å². The SMILES string of the molecule is CCOc1cc(/C=C(/C#N)C(N)=O)ccc1OCc1c(Cl)cccc1Cl. The number of rotatable bonds is 7. The number of halogens is 2. The third-order valence-corrected chi connectivity index (χ3v) is 4.11. The zero-order valence-corrected chi connectivity index (χ0v) is 15.5. The Balaban J connectivity index is 2.29. The summed E-state index contributed by atoms with van der Waals surface area (Å²) in [7, 11) is 0. The van der Waals surface area contributed by atoms with Gasteiger partial charge in [0, 0.05) is 15.6 Å². The van der Waals surface area contributed by atoms with Crippen LogP contribution in [0.5, 0.6) is 11.5 Å². The molecule has 0 saturated heterocycles. The van der Waals surface area contributed by atoms with E-state index in [-0.39, 0.29) is 12.2 Å². The largest absolute Gasteiger partial charge is 0.490 e. The van der Waals surface area contributed by atoms with Crippen molar-refractivity contribution in [1.82, 2.24) is 0 Å². The molecule has 0 fully saturated rings. The topological polar surface area (TPSA) is 85.3 Å². The van der Waals surface area contributed by atoms with E-state index in [1.165, 1.54) is 6.08 Å². The Kier molecular flexibility index (Phi) is 6.90. The summed E-state index contributed by atoms with van der Waals surface area (Å²) in [5.41, 5.74) is 6.26. The van der Waals surface area contributed by atoms with E-state index in [4.69, 9.17) is 43.7 Å². The number of amides is 1. The summed E-state index contributed by atoms with van der Waals surface area (Å²) in [6.45, 7) is 2.41. The molecular formula is C19H16Cl2N2O3. The van der Waals surface area contributed by atoms with Gasteiger partial charge in [-0.25, -0.2) is 0 Å². The zero-order chi connectivity index (χ0) is 19.1. The monoisotopic (exact) mass is 390 g/mol. The van der Waals surface area contributed by atoms with Crippen LogP contribution in [-0.4, -0.2) is 12.5 Å². The second-order valence-electron chi connectivity index (χ2n) is 5.16. The molecule has 2 N–H and O–H groups in total. The fourth-order valence-corrected chi connectivity index (χ4v) is 2.65. The van der Waals surface area contributed by atoms with Crippen molar-refractivity contribution in [1.29, 1.82) is 5.26 Å². The molecule has 2 aromatic rings. The molecule has 0 aliphatic heterocycles. The molecule has 0 aliphatic rings. The van der Waals surface area contributed by atoms with Crippen molar-refractivity contribution >= 4 is 35.2 Å². The smallest absolute Gasteiger partial charge is 0.259 e. The molecule has 134 valence electrons. The molecule has 0 heterocycles. The highest BCUT2D eigenvalue weighted by Gasteiger charge is 2.11. The van der Waals surface area contributed by atoms with Crippen LogP contribution in [0.15, 0.2) is 42.0 Å². The zero-order valence-electron chi connectivity index (χ0n) is 14.0. The molecular weight excluding hydrogens is 375 g/mol. The average Bonchev–Trinajstić information content (AvgIpc) is 2.60. The fourth-order valence-electron chi connectivity index (χ4n) is 2.15. The normalized spacial score (nSPS) is 10.9. The van der Waals surface area contributed by atoms with Crippen molar-refractivity contribution in [2.45, 2.75) is 13.5 Å². The number of primary amides is 1. The van der Waals surface area contributed by atoms with Gasteiger partial charge in [-0.2, -0.15) is 5.26 Å². The van der Waals surface area contributed by atoms with Crippen molar-refractivity contribution in [3.05, 3.63) is 63.1 Å². The van der Waals surface area contributed by atoms with Gasteiger partial charge in [0.2, 0.25) is 0 Å². The van der Waals surface area contributed by atoms with E-state index < -0.39 is 5.91 Å². The first kappa shape index (κ1) is 19.6. The highest BCUT2D eigenvalue weighted by Crippen LogP contribution is 2.32. The molecule has 5 nitrogen and oxygen atoms in total. The number of carbonyl (C=O) groups is 1. The number of hydrogen-bond donors (Lipinski definition) is 1. The lowest BCUT2D eigenvalue weighted by Crippen LogP contribution is -2.12. The van der Waals surface area contributed by atoms with Crippen molar-refractivity contribution < 1.29 is 14.3 Å². The lowest BCUT2D eigenvalue weighted by molar-refractivity contribution is -0.114. The van der Waals surface area contributed by atoms with Gasteiger partial charge in [-0.3, -0.25) is 4.79 Å². The summed E-state index contributed by atoms with van der Waals surface area (Å²) in [5, 5.41) is 9.97. The molecule has 0 saturated carbocycles. The second kappa shape index (κ2) is 9.14. The van der Waals surface area contributed by atoms with Gasteiger partial charge in [-0.05, 0) is 42.8 Å². The molecule has 2 rings (SSSR count). The summed E-state index contributed by atoms with van der Waals surface area (Å²) in [5.74, 6) is 0.155. The first-order valence-electron chi connectivity index (χ1n) is 7.70. The molecule has 0 aliphatic carbocycles. The molecule has 2 aromatic carbocycles. The predicted octanol–water partition coefficient (Wildman–Crippen LogP) is 4.36. The Morgan fingerprint density at radius 2 is 1.88 bits per heavy atom. The van der Waals surface area contributed by atoms with Gasteiger partial charge < -0.3 is 15.2 Å². The highest BCUT2D eigenvalue weighted by atomic mass is 35.5. The van der Waals surface area contributed by atoms with Gasteiger partial charge in [0.1, 0.15) is 18.2 Å². The quantitative estimate of drug-likeness (QED) is 0.561. The van der Waals surface area contributed by atoms with E-state index in [0.29, 0.717) is 39.3 Å². The van der Waals surface area contributed by atoms with E-state index in [1.54, 1.807) is 42.5 Å². The van der Waals surface area contributed by atoms with E-state index >= 15 is 0 Å². The molecule has 0 unspecified atom stereocenters. The number of hydrogen-bond acceptors (Lipinski definition) is 4. The van der Waals surface area contributed by atoms with Crippen LogP contribution in [0, 0.1) is 11.3 Å². The van der Waals surface area contributed by atoms with Gasteiger partial charge in [0.05, 0.1) is 6.61 Å². The van der Waals surface area contributed by atoms with Crippen molar-refractivity contribution in [2.75, 3.05) is 6.61 Å². The number of nitriles is 1.